The van der Waals surface area contributed by atoms with Crippen LogP contribution in [0.25, 0.3) is 0 Å². The Balaban J connectivity index is 1.91. The predicted octanol–water partition coefficient (Wildman–Crippen LogP) is 1.65. The summed E-state index contributed by atoms with van der Waals surface area (Å²) in [5.74, 6) is 0. The molecular weight excluding hydrogens is 186 g/mol. The van der Waals surface area contributed by atoms with E-state index < -0.39 is 0 Å². The van der Waals surface area contributed by atoms with Crippen LogP contribution in [0.1, 0.15) is 6.42 Å². The van der Waals surface area contributed by atoms with E-state index in [0.29, 0.717) is 6.04 Å². The van der Waals surface area contributed by atoms with Crippen molar-refractivity contribution in [2.24, 2.45) is 0 Å². The molecule has 1 aliphatic rings. The molecule has 3 nitrogen and oxygen atoms in total. The first-order valence-corrected chi connectivity index (χ1v) is 5.49. The molecule has 1 saturated heterocycles. The molecule has 2 rings (SSSR count). The van der Waals surface area contributed by atoms with Gasteiger partial charge in [0.2, 0.25) is 0 Å². The van der Waals surface area contributed by atoms with Gasteiger partial charge in [-0.05, 0) is 18.6 Å². The standard InChI is InChI=1S/C12H19N3/c1-14-9-8-12(10-15(14)2)13-11-6-4-3-5-7-11/h3-7,12-13H,8-10H2,1-2H3. The van der Waals surface area contributed by atoms with Crippen LogP contribution in [0.15, 0.2) is 30.3 Å². The second-order valence-electron chi connectivity index (χ2n) is 4.22. The second-order valence-corrected chi connectivity index (χ2v) is 4.22. The lowest BCUT2D eigenvalue weighted by Gasteiger charge is -2.38. The van der Waals surface area contributed by atoms with E-state index in [9.17, 15) is 0 Å². The average Bonchev–Trinajstić information content (AvgIpc) is 2.25. The molecule has 1 N–H and O–H groups in total. The van der Waals surface area contributed by atoms with Crippen molar-refractivity contribution in [1.29, 1.82) is 0 Å². The van der Waals surface area contributed by atoms with Gasteiger partial charge >= 0.3 is 0 Å². The molecule has 0 bridgehead atoms. The Morgan fingerprint density at radius 1 is 1.13 bits per heavy atom. The maximum atomic E-state index is 3.56. The fourth-order valence-corrected chi connectivity index (χ4v) is 1.95. The molecule has 1 unspecified atom stereocenters. The van der Waals surface area contributed by atoms with Gasteiger partial charge in [-0.15, -0.1) is 0 Å². The molecule has 0 radical (unpaired) electrons. The highest BCUT2D eigenvalue weighted by molar-refractivity contribution is 5.43. The van der Waals surface area contributed by atoms with Crippen LogP contribution in [-0.2, 0) is 0 Å². The molecule has 15 heavy (non-hydrogen) atoms. The van der Waals surface area contributed by atoms with Crippen molar-refractivity contribution in [3.05, 3.63) is 30.3 Å². The number of nitrogens with zero attached hydrogens (tertiary/aromatic N) is 2. The van der Waals surface area contributed by atoms with E-state index in [1.165, 1.54) is 12.1 Å². The second kappa shape index (κ2) is 4.64. The summed E-state index contributed by atoms with van der Waals surface area (Å²) >= 11 is 0. The van der Waals surface area contributed by atoms with Crippen LogP contribution in [0.3, 0.4) is 0 Å². The predicted molar refractivity (Wildman–Crippen MR) is 63.7 cm³/mol. The summed E-state index contributed by atoms with van der Waals surface area (Å²) in [7, 11) is 4.28. The molecule has 1 aromatic carbocycles. The molecule has 1 aromatic rings. The minimum atomic E-state index is 0.564. The van der Waals surface area contributed by atoms with Crippen LogP contribution in [0.5, 0.6) is 0 Å². The lowest BCUT2D eigenvalue weighted by Crippen LogP contribution is -2.50. The molecule has 82 valence electrons. The van der Waals surface area contributed by atoms with Crippen molar-refractivity contribution in [2.75, 3.05) is 32.5 Å². The molecule has 1 aliphatic heterocycles. The van der Waals surface area contributed by atoms with Gasteiger partial charge in [-0.3, -0.25) is 0 Å². The molecule has 0 amide bonds. The number of hydrogen-bond acceptors (Lipinski definition) is 3. The summed E-state index contributed by atoms with van der Waals surface area (Å²) in [6.07, 6.45) is 1.20. The van der Waals surface area contributed by atoms with Crippen molar-refractivity contribution < 1.29 is 0 Å². The van der Waals surface area contributed by atoms with Gasteiger partial charge in [0.15, 0.2) is 0 Å². The van der Waals surface area contributed by atoms with E-state index in [1.807, 2.05) is 6.07 Å². The Morgan fingerprint density at radius 2 is 1.87 bits per heavy atom. The SMILES string of the molecule is CN1CCC(Nc2ccccc2)CN1C. The Hall–Kier alpha value is -1.06. The molecule has 1 fully saturated rings. The lowest BCUT2D eigenvalue weighted by molar-refractivity contribution is -0.00620. The van der Waals surface area contributed by atoms with Crippen LogP contribution < -0.4 is 5.32 Å². The highest BCUT2D eigenvalue weighted by Crippen LogP contribution is 2.13. The van der Waals surface area contributed by atoms with Crippen LogP contribution in [-0.4, -0.2) is 43.2 Å². The number of benzene rings is 1. The van der Waals surface area contributed by atoms with E-state index in [2.05, 4.69) is 53.7 Å². The monoisotopic (exact) mass is 205 g/mol. The summed E-state index contributed by atoms with van der Waals surface area (Å²) in [5.41, 5.74) is 1.22. The van der Waals surface area contributed by atoms with Gasteiger partial charge in [0.05, 0.1) is 0 Å². The number of nitrogens with one attached hydrogen (secondary N) is 1. The van der Waals surface area contributed by atoms with Gasteiger partial charge in [0.25, 0.3) is 0 Å². The van der Waals surface area contributed by atoms with Gasteiger partial charge in [-0.1, -0.05) is 18.2 Å². The first-order valence-electron chi connectivity index (χ1n) is 5.49. The summed E-state index contributed by atoms with van der Waals surface area (Å²) in [5, 5.41) is 8.10. The molecular formula is C12H19N3. The Kier molecular flexibility index (Phi) is 3.23. The third-order valence-corrected chi connectivity index (χ3v) is 3.01. The zero-order chi connectivity index (χ0) is 10.7. The molecule has 0 spiro atoms. The van der Waals surface area contributed by atoms with E-state index >= 15 is 0 Å². The van der Waals surface area contributed by atoms with Crippen molar-refractivity contribution in [2.45, 2.75) is 12.5 Å². The van der Waals surface area contributed by atoms with Gasteiger partial charge < -0.3 is 5.32 Å². The third kappa shape index (κ3) is 2.70. The highest BCUT2D eigenvalue weighted by atomic mass is 15.6. The molecule has 3 heteroatoms. The van der Waals surface area contributed by atoms with Crippen molar-refractivity contribution >= 4 is 5.69 Å². The average molecular weight is 205 g/mol. The van der Waals surface area contributed by atoms with Gasteiger partial charge in [0, 0.05) is 38.9 Å². The lowest BCUT2D eigenvalue weighted by atomic mass is 10.1. The Labute approximate surface area is 91.7 Å². The van der Waals surface area contributed by atoms with Gasteiger partial charge in [0.1, 0.15) is 0 Å². The normalized spacial score (nSPS) is 24.0. The number of likely N-dealkylation sites (N-methyl/N-ethyl adjacent to an activating group) is 1. The van der Waals surface area contributed by atoms with E-state index in [0.717, 1.165) is 13.1 Å². The van der Waals surface area contributed by atoms with Crippen LogP contribution in [0.4, 0.5) is 5.69 Å². The third-order valence-electron chi connectivity index (χ3n) is 3.01. The number of anilines is 1. The topological polar surface area (TPSA) is 18.5 Å². The summed E-state index contributed by atoms with van der Waals surface area (Å²) in [4.78, 5) is 0. The maximum Gasteiger partial charge on any atom is 0.0415 e. The number of para-hydroxylation sites is 1. The van der Waals surface area contributed by atoms with E-state index in [1.54, 1.807) is 0 Å². The smallest absolute Gasteiger partial charge is 0.0415 e. The number of hydrazine groups is 1. The molecule has 1 heterocycles. The van der Waals surface area contributed by atoms with Crippen LogP contribution in [0, 0.1) is 0 Å². The largest absolute Gasteiger partial charge is 0.381 e. The van der Waals surface area contributed by atoms with Crippen molar-refractivity contribution in [3.63, 3.8) is 0 Å². The number of rotatable bonds is 2. The molecule has 0 aromatic heterocycles. The van der Waals surface area contributed by atoms with Crippen molar-refractivity contribution in [3.8, 4) is 0 Å². The molecule has 0 saturated carbocycles. The van der Waals surface area contributed by atoms with Crippen molar-refractivity contribution in [1.82, 2.24) is 10.0 Å². The highest BCUT2D eigenvalue weighted by Gasteiger charge is 2.20. The Bertz CT molecular complexity index is 299. The fraction of sp³-hybridized carbons (Fsp3) is 0.500. The quantitative estimate of drug-likeness (QED) is 0.792. The maximum absolute atomic E-state index is 3.56. The zero-order valence-electron chi connectivity index (χ0n) is 9.48. The minimum absolute atomic E-state index is 0.564. The van der Waals surface area contributed by atoms with E-state index in [4.69, 9.17) is 0 Å². The molecule has 0 aliphatic carbocycles. The number of hydrogen-bond donors (Lipinski definition) is 1. The first kappa shape index (κ1) is 10.5. The summed E-state index contributed by atoms with van der Waals surface area (Å²) in [6, 6.07) is 11.0. The van der Waals surface area contributed by atoms with Gasteiger partial charge in [-0.25, -0.2) is 10.0 Å². The van der Waals surface area contributed by atoms with E-state index in [-0.39, 0.29) is 0 Å². The zero-order valence-corrected chi connectivity index (χ0v) is 9.48. The minimum Gasteiger partial charge on any atom is -0.381 e. The van der Waals surface area contributed by atoms with Gasteiger partial charge in [-0.2, -0.15) is 0 Å². The summed E-state index contributed by atoms with van der Waals surface area (Å²) in [6.45, 7) is 2.20. The first-order chi connectivity index (χ1) is 7.25. The Morgan fingerprint density at radius 3 is 2.53 bits per heavy atom. The van der Waals surface area contributed by atoms with Crippen LogP contribution in [0.2, 0.25) is 0 Å². The molecule has 1 atom stereocenters. The van der Waals surface area contributed by atoms with Crippen LogP contribution >= 0.6 is 0 Å². The fourth-order valence-electron chi connectivity index (χ4n) is 1.95. The summed E-state index contributed by atoms with van der Waals surface area (Å²) < 4.78 is 0.